The first-order valence-corrected chi connectivity index (χ1v) is 10.5. The van der Waals surface area contributed by atoms with E-state index in [2.05, 4.69) is 9.97 Å². The summed E-state index contributed by atoms with van der Waals surface area (Å²) in [6.07, 6.45) is 3.50. The number of fused-ring (bicyclic) bond motifs is 2. The summed E-state index contributed by atoms with van der Waals surface area (Å²) < 4.78 is 14.4. The first-order valence-electron chi connectivity index (χ1n) is 10.5. The summed E-state index contributed by atoms with van der Waals surface area (Å²) in [6, 6.07) is 16.5. The number of rotatable bonds is 6. The van der Waals surface area contributed by atoms with E-state index < -0.39 is 0 Å². The maximum absolute atomic E-state index is 12.4. The Labute approximate surface area is 188 Å². The molecule has 0 aliphatic carbocycles. The van der Waals surface area contributed by atoms with Gasteiger partial charge in [-0.1, -0.05) is 6.07 Å². The SMILES string of the molecule is COc1ccc2c(OCCn3cc(-c4ccc5[nH]c(=O)n(C)c5c4)ccc3=O)ccnc2c1. The number of methoxy groups -OCH3 is 1. The van der Waals surface area contributed by atoms with Crippen LogP contribution in [-0.2, 0) is 13.6 Å². The highest BCUT2D eigenvalue weighted by Crippen LogP contribution is 2.27. The molecule has 1 N–H and O–H groups in total. The standard InChI is InChI=1S/C25H22N4O4/c1-28-22-13-16(3-7-20(22)27-25(28)31)17-4-8-24(30)29(15-17)11-12-33-23-9-10-26-21-14-18(32-2)5-6-19(21)23/h3-10,13-15H,11-12H2,1-2H3,(H,27,31). The lowest BCUT2D eigenvalue weighted by Crippen LogP contribution is -2.22. The van der Waals surface area contributed by atoms with Crippen LogP contribution in [0.4, 0.5) is 0 Å². The molecule has 0 saturated heterocycles. The lowest BCUT2D eigenvalue weighted by molar-refractivity contribution is 0.299. The van der Waals surface area contributed by atoms with Gasteiger partial charge in [0, 0.05) is 37.0 Å². The zero-order valence-corrected chi connectivity index (χ0v) is 18.2. The number of nitrogens with one attached hydrogen (secondary N) is 1. The van der Waals surface area contributed by atoms with E-state index in [1.54, 1.807) is 41.6 Å². The van der Waals surface area contributed by atoms with E-state index in [0.717, 1.165) is 38.8 Å². The molecule has 0 aliphatic heterocycles. The second kappa shape index (κ2) is 8.31. The molecule has 8 heteroatoms. The number of aromatic amines is 1. The Morgan fingerprint density at radius 1 is 1.00 bits per heavy atom. The quantitative estimate of drug-likeness (QED) is 0.436. The van der Waals surface area contributed by atoms with Crippen LogP contribution in [0.25, 0.3) is 33.1 Å². The van der Waals surface area contributed by atoms with Gasteiger partial charge >= 0.3 is 5.69 Å². The van der Waals surface area contributed by atoms with Gasteiger partial charge in [0.15, 0.2) is 0 Å². The van der Waals surface area contributed by atoms with E-state index in [0.29, 0.717) is 18.9 Å². The fourth-order valence-electron chi connectivity index (χ4n) is 3.89. The van der Waals surface area contributed by atoms with Crippen LogP contribution in [0.2, 0.25) is 0 Å². The Kier molecular flexibility index (Phi) is 5.18. The summed E-state index contributed by atoms with van der Waals surface area (Å²) in [4.78, 5) is 31.5. The molecule has 5 rings (SSSR count). The van der Waals surface area contributed by atoms with Gasteiger partial charge in [0.05, 0.1) is 30.2 Å². The van der Waals surface area contributed by atoms with Gasteiger partial charge in [-0.15, -0.1) is 0 Å². The van der Waals surface area contributed by atoms with Crippen molar-refractivity contribution in [1.82, 2.24) is 19.1 Å². The summed E-state index contributed by atoms with van der Waals surface area (Å²) >= 11 is 0. The number of ether oxygens (including phenoxy) is 2. The molecular formula is C25H22N4O4. The van der Waals surface area contributed by atoms with Crippen molar-refractivity contribution in [3.05, 3.63) is 87.8 Å². The normalized spacial score (nSPS) is 11.2. The number of aromatic nitrogens is 4. The minimum Gasteiger partial charge on any atom is -0.497 e. The number of hydrogen-bond donors (Lipinski definition) is 1. The highest BCUT2D eigenvalue weighted by atomic mass is 16.5. The maximum atomic E-state index is 12.4. The van der Waals surface area contributed by atoms with Crippen molar-refractivity contribution in [3.63, 3.8) is 0 Å². The van der Waals surface area contributed by atoms with E-state index in [4.69, 9.17) is 9.47 Å². The number of H-pyrrole nitrogens is 1. The molecule has 2 aromatic carbocycles. The molecule has 0 unspecified atom stereocenters. The number of aryl methyl sites for hydroxylation is 1. The van der Waals surface area contributed by atoms with Crippen LogP contribution in [0.15, 0.2) is 76.6 Å². The number of benzene rings is 2. The molecule has 33 heavy (non-hydrogen) atoms. The lowest BCUT2D eigenvalue weighted by atomic mass is 10.1. The van der Waals surface area contributed by atoms with Crippen molar-refractivity contribution >= 4 is 21.9 Å². The number of pyridine rings is 2. The third-order valence-corrected chi connectivity index (χ3v) is 5.72. The van der Waals surface area contributed by atoms with Crippen LogP contribution in [0, 0.1) is 0 Å². The number of nitrogens with zero attached hydrogens (tertiary/aromatic N) is 3. The highest BCUT2D eigenvalue weighted by molar-refractivity contribution is 5.86. The third-order valence-electron chi connectivity index (χ3n) is 5.72. The van der Waals surface area contributed by atoms with Gasteiger partial charge < -0.3 is 19.0 Å². The monoisotopic (exact) mass is 442 g/mol. The molecule has 5 aromatic rings. The summed E-state index contributed by atoms with van der Waals surface area (Å²) in [5, 5.41) is 0.879. The maximum Gasteiger partial charge on any atom is 0.326 e. The molecule has 0 spiro atoms. The Morgan fingerprint density at radius 3 is 2.70 bits per heavy atom. The molecule has 0 bridgehead atoms. The molecule has 0 saturated carbocycles. The van der Waals surface area contributed by atoms with Crippen molar-refractivity contribution in [2.75, 3.05) is 13.7 Å². The smallest absolute Gasteiger partial charge is 0.326 e. The molecule has 0 atom stereocenters. The van der Waals surface area contributed by atoms with Gasteiger partial charge in [-0.25, -0.2) is 4.79 Å². The molecule has 3 aromatic heterocycles. The fraction of sp³-hybridized carbons (Fsp3) is 0.160. The second-order valence-corrected chi connectivity index (χ2v) is 7.71. The summed E-state index contributed by atoms with van der Waals surface area (Å²) in [6.45, 7) is 0.706. The van der Waals surface area contributed by atoms with Crippen LogP contribution in [0.3, 0.4) is 0 Å². The molecule has 0 amide bonds. The van der Waals surface area contributed by atoms with Gasteiger partial charge in [-0.2, -0.15) is 0 Å². The average molecular weight is 442 g/mol. The van der Waals surface area contributed by atoms with E-state index in [1.165, 1.54) is 0 Å². The van der Waals surface area contributed by atoms with Crippen LogP contribution < -0.4 is 20.7 Å². The van der Waals surface area contributed by atoms with Crippen molar-refractivity contribution in [3.8, 4) is 22.6 Å². The van der Waals surface area contributed by atoms with Crippen LogP contribution >= 0.6 is 0 Å². The average Bonchev–Trinajstić information content (AvgIpc) is 3.12. The summed E-state index contributed by atoms with van der Waals surface area (Å²) in [5.41, 5.74) is 3.89. The summed E-state index contributed by atoms with van der Waals surface area (Å²) in [7, 11) is 3.34. The van der Waals surface area contributed by atoms with Crippen molar-refractivity contribution < 1.29 is 9.47 Å². The molecule has 8 nitrogen and oxygen atoms in total. The Hall–Kier alpha value is -4.33. The molecule has 0 fully saturated rings. The van der Waals surface area contributed by atoms with Gasteiger partial charge in [-0.3, -0.25) is 14.3 Å². The molecular weight excluding hydrogens is 420 g/mol. The van der Waals surface area contributed by atoms with E-state index in [1.807, 2.05) is 48.7 Å². The number of imidazole rings is 1. The lowest BCUT2D eigenvalue weighted by Gasteiger charge is -2.12. The predicted octanol–water partition coefficient (Wildman–Crippen LogP) is 3.33. The zero-order chi connectivity index (χ0) is 22.9. The van der Waals surface area contributed by atoms with Gasteiger partial charge in [0.1, 0.15) is 18.1 Å². The second-order valence-electron chi connectivity index (χ2n) is 7.71. The topological polar surface area (TPSA) is 91.1 Å². The minimum absolute atomic E-state index is 0.109. The zero-order valence-electron chi connectivity index (χ0n) is 18.2. The highest BCUT2D eigenvalue weighted by Gasteiger charge is 2.08. The molecule has 0 radical (unpaired) electrons. The van der Waals surface area contributed by atoms with Gasteiger partial charge in [-0.05, 0) is 47.5 Å². The van der Waals surface area contributed by atoms with E-state index in [9.17, 15) is 9.59 Å². The number of hydrogen-bond acceptors (Lipinski definition) is 5. The van der Waals surface area contributed by atoms with Crippen LogP contribution in [0.5, 0.6) is 11.5 Å². The van der Waals surface area contributed by atoms with Gasteiger partial charge in [0.2, 0.25) is 0 Å². The molecule has 3 heterocycles. The van der Waals surface area contributed by atoms with Crippen LogP contribution in [-0.4, -0.2) is 32.8 Å². The Morgan fingerprint density at radius 2 is 1.85 bits per heavy atom. The Bertz CT molecular complexity index is 1600. The largest absolute Gasteiger partial charge is 0.497 e. The first-order chi connectivity index (χ1) is 16.0. The van der Waals surface area contributed by atoms with Gasteiger partial charge in [0.25, 0.3) is 5.56 Å². The fourth-order valence-corrected chi connectivity index (χ4v) is 3.89. The third kappa shape index (κ3) is 3.87. The van der Waals surface area contributed by atoms with Crippen molar-refractivity contribution in [2.24, 2.45) is 7.05 Å². The van der Waals surface area contributed by atoms with E-state index >= 15 is 0 Å². The van der Waals surface area contributed by atoms with Crippen LogP contribution in [0.1, 0.15) is 0 Å². The minimum atomic E-state index is -0.161. The first kappa shape index (κ1) is 20.6. The van der Waals surface area contributed by atoms with Crippen molar-refractivity contribution in [2.45, 2.75) is 6.54 Å². The van der Waals surface area contributed by atoms with E-state index in [-0.39, 0.29) is 11.2 Å². The molecule has 0 aliphatic rings. The Balaban J connectivity index is 1.38. The molecule has 166 valence electrons. The summed E-state index contributed by atoms with van der Waals surface area (Å²) in [5.74, 6) is 1.43. The van der Waals surface area contributed by atoms with Crippen molar-refractivity contribution in [1.29, 1.82) is 0 Å². The predicted molar refractivity (Wildman–Crippen MR) is 127 cm³/mol.